The summed E-state index contributed by atoms with van der Waals surface area (Å²) in [6.07, 6.45) is -2.80. The number of hydrogen-bond donors (Lipinski definition) is 1. The molecule has 1 amide bonds. The van der Waals surface area contributed by atoms with Gasteiger partial charge < -0.3 is 10.0 Å². The van der Waals surface area contributed by atoms with Crippen LogP contribution in [0.4, 0.5) is 13.2 Å². The average Bonchev–Trinajstić information content (AvgIpc) is 3.21. The van der Waals surface area contributed by atoms with Gasteiger partial charge in [-0.25, -0.2) is 4.68 Å². The van der Waals surface area contributed by atoms with E-state index in [4.69, 9.17) is 5.11 Å². The molecular formula is C17H16F3N3O3. The Hall–Kier alpha value is -2.84. The van der Waals surface area contributed by atoms with Crippen LogP contribution < -0.4 is 0 Å². The number of amides is 1. The van der Waals surface area contributed by atoms with E-state index in [1.54, 1.807) is 6.92 Å². The highest BCUT2D eigenvalue weighted by Crippen LogP contribution is 2.30. The number of aromatic nitrogens is 2. The van der Waals surface area contributed by atoms with Crippen molar-refractivity contribution in [1.29, 1.82) is 0 Å². The molecule has 6 nitrogen and oxygen atoms in total. The van der Waals surface area contributed by atoms with Crippen molar-refractivity contribution in [1.82, 2.24) is 14.7 Å². The number of nitrogens with zero attached hydrogens (tertiary/aromatic N) is 3. The van der Waals surface area contributed by atoms with Crippen LogP contribution in [0.2, 0.25) is 0 Å². The molecule has 0 bridgehead atoms. The summed E-state index contributed by atoms with van der Waals surface area (Å²) in [5.74, 6) is -1.92. The van der Waals surface area contributed by atoms with Gasteiger partial charge in [0.15, 0.2) is 0 Å². The molecule has 26 heavy (non-hydrogen) atoms. The number of carbonyl (C=O) groups is 2. The maximum atomic E-state index is 12.9. The Labute approximate surface area is 146 Å². The summed E-state index contributed by atoms with van der Waals surface area (Å²) in [6.45, 7) is 2.03. The highest BCUT2D eigenvalue weighted by molar-refractivity contribution is 5.95. The zero-order valence-electron chi connectivity index (χ0n) is 13.8. The molecule has 2 aromatic rings. The third-order valence-electron chi connectivity index (χ3n) is 4.48. The Bertz CT molecular complexity index is 860. The van der Waals surface area contributed by atoms with Gasteiger partial charge in [-0.15, -0.1) is 0 Å². The van der Waals surface area contributed by atoms with Crippen LogP contribution in [0.3, 0.4) is 0 Å². The van der Waals surface area contributed by atoms with Crippen LogP contribution in [0.5, 0.6) is 0 Å². The Balaban J connectivity index is 1.87. The second-order valence-electron chi connectivity index (χ2n) is 6.18. The van der Waals surface area contributed by atoms with E-state index in [2.05, 4.69) is 5.10 Å². The Kier molecular flexibility index (Phi) is 4.47. The number of halogens is 3. The molecule has 1 fully saturated rings. The fraction of sp³-hybridized carbons (Fsp3) is 0.353. The van der Waals surface area contributed by atoms with Crippen molar-refractivity contribution in [2.75, 3.05) is 13.1 Å². The summed E-state index contributed by atoms with van der Waals surface area (Å²) in [5, 5.41) is 13.1. The molecule has 3 rings (SSSR count). The van der Waals surface area contributed by atoms with Crippen LogP contribution in [-0.4, -0.2) is 44.8 Å². The summed E-state index contributed by atoms with van der Waals surface area (Å²) in [5.41, 5.74) is 0.0318. The standard InChI is InChI=1S/C17H16F3N3O3/c1-10-14(15(24)22-6-5-11(9-22)16(25)26)8-21-23(10)13-4-2-3-12(7-13)17(18,19)20/h2-4,7-8,11H,5-6,9H2,1H3,(H,25,26). The Morgan fingerprint density at radius 2 is 2.04 bits per heavy atom. The molecule has 2 heterocycles. The number of benzene rings is 1. The molecule has 9 heteroatoms. The normalized spacial score (nSPS) is 17.5. The molecule has 1 atom stereocenters. The molecule has 138 valence electrons. The number of hydrogen-bond acceptors (Lipinski definition) is 3. The zero-order chi connectivity index (χ0) is 19.1. The third-order valence-corrected chi connectivity index (χ3v) is 4.48. The van der Waals surface area contributed by atoms with Crippen molar-refractivity contribution in [3.8, 4) is 5.69 Å². The van der Waals surface area contributed by atoms with Crippen LogP contribution in [0.15, 0.2) is 30.5 Å². The number of rotatable bonds is 3. The number of likely N-dealkylation sites (tertiary alicyclic amines) is 1. The largest absolute Gasteiger partial charge is 0.481 e. The number of aliphatic carboxylic acids is 1. The van der Waals surface area contributed by atoms with Crippen LogP contribution >= 0.6 is 0 Å². The number of carbonyl (C=O) groups excluding carboxylic acids is 1. The van der Waals surface area contributed by atoms with E-state index < -0.39 is 23.6 Å². The summed E-state index contributed by atoms with van der Waals surface area (Å²) in [7, 11) is 0. The second-order valence-corrected chi connectivity index (χ2v) is 6.18. The van der Waals surface area contributed by atoms with Gasteiger partial charge in [-0.3, -0.25) is 9.59 Å². The summed E-state index contributed by atoms with van der Waals surface area (Å²) in [4.78, 5) is 25.1. The van der Waals surface area contributed by atoms with Gasteiger partial charge in [0.05, 0.1) is 34.6 Å². The van der Waals surface area contributed by atoms with Crippen LogP contribution in [0.25, 0.3) is 5.69 Å². The fourth-order valence-electron chi connectivity index (χ4n) is 3.01. The minimum Gasteiger partial charge on any atom is -0.481 e. The molecule has 0 saturated carbocycles. The summed E-state index contributed by atoms with van der Waals surface area (Å²) < 4.78 is 39.9. The van der Waals surface area contributed by atoms with Crippen molar-refractivity contribution in [2.45, 2.75) is 19.5 Å². The highest BCUT2D eigenvalue weighted by atomic mass is 19.4. The average molecular weight is 367 g/mol. The molecule has 1 unspecified atom stereocenters. The first-order valence-corrected chi connectivity index (χ1v) is 7.93. The summed E-state index contributed by atoms with van der Waals surface area (Å²) >= 11 is 0. The molecular weight excluding hydrogens is 351 g/mol. The topological polar surface area (TPSA) is 75.4 Å². The van der Waals surface area contributed by atoms with Crippen molar-refractivity contribution in [2.24, 2.45) is 5.92 Å². The second kappa shape index (κ2) is 6.47. The molecule has 0 radical (unpaired) electrons. The van der Waals surface area contributed by atoms with E-state index in [0.717, 1.165) is 12.1 Å². The molecule has 1 aliphatic heterocycles. The Morgan fingerprint density at radius 3 is 2.65 bits per heavy atom. The smallest absolute Gasteiger partial charge is 0.416 e. The fourth-order valence-corrected chi connectivity index (χ4v) is 3.01. The first-order valence-electron chi connectivity index (χ1n) is 7.93. The number of carboxylic acid groups (broad SMARTS) is 1. The SMILES string of the molecule is Cc1c(C(=O)N2CCC(C(=O)O)C2)cnn1-c1cccc(C(F)(F)F)c1. The maximum absolute atomic E-state index is 12.9. The molecule has 1 aliphatic rings. The van der Waals surface area contributed by atoms with Gasteiger partial charge in [-0.2, -0.15) is 18.3 Å². The lowest BCUT2D eigenvalue weighted by atomic mass is 10.1. The van der Waals surface area contributed by atoms with Crippen molar-refractivity contribution in [3.63, 3.8) is 0 Å². The highest BCUT2D eigenvalue weighted by Gasteiger charge is 2.33. The molecule has 0 spiro atoms. The van der Waals surface area contributed by atoms with Crippen LogP contribution in [-0.2, 0) is 11.0 Å². The predicted octanol–water partition coefficient (Wildman–Crippen LogP) is 2.75. The number of alkyl halides is 3. The lowest BCUT2D eigenvalue weighted by Crippen LogP contribution is -2.30. The summed E-state index contributed by atoms with van der Waals surface area (Å²) in [6, 6.07) is 4.67. The van der Waals surface area contributed by atoms with Crippen molar-refractivity contribution in [3.05, 3.63) is 47.3 Å². The minimum atomic E-state index is -4.48. The van der Waals surface area contributed by atoms with Crippen molar-refractivity contribution < 1.29 is 27.9 Å². The van der Waals surface area contributed by atoms with E-state index in [-0.39, 0.29) is 23.7 Å². The van der Waals surface area contributed by atoms with E-state index in [1.165, 1.54) is 27.9 Å². The van der Waals surface area contributed by atoms with Gasteiger partial charge in [-0.05, 0) is 31.5 Å². The maximum Gasteiger partial charge on any atom is 0.416 e. The van der Waals surface area contributed by atoms with Gasteiger partial charge in [0.2, 0.25) is 0 Å². The van der Waals surface area contributed by atoms with Gasteiger partial charge in [0.1, 0.15) is 0 Å². The van der Waals surface area contributed by atoms with E-state index >= 15 is 0 Å². The first-order chi connectivity index (χ1) is 12.2. The van der Waals surface area contributed by atoms with E-state index in [9.17, 15) is 22.8 Å². The van der Waals surface area contributed by atoms with Gasteiger partial charge in [-0.1, -0.05) is 6.07 Å². The lowest BCUT2D eigenvalue weighted by molar-refractivity contribution is -0.141. The van der Waals surface area contributed by atoms with Crippen LogP contribution in [0.1, 0.15) is 28.0 Å². The molecule has 1 saturated heterocycles. The molecule has 0 aliphatic carbocycles. The number of carboxylic acids is 1. The van der Waals surface area contributed by atoms with Gasteiger partial charge >= 0.3 is 12.1 Å². The third kappa shape index (κ3) is 3.29. The van der Waals surface area contributed by atoms with Crippen LogP contribution in [0, 0.1) is 12.8 Å². The zero-order valence-corrected chi connectivity index (χ0v) is 13.8. The van der Waals surface area contributed by atoms with E-state index in [1.807, 2.05) is 0 Å². The van der Waals surface area contributed by atoms with Crippen molar-refractivity contribution >= 4 is 11.9 Å². The van der Waals surface area contributed by atoms with Gasteiger partial charge in [0, 0.05) is 13.1 Å². The Morgan fingerprint density at radius 1 is 1.31 bits per heavy atom. The quantitative estimate of drug-likeness (QED) is 0.905. The first kappa shape index (κ1) is 18.0. The molecule has 1 aromatic heterocycles. The van der Waals surface area contributed by atoms with Gasteiger partial charge in [0.25, 0.3) is 5.91 Å². The van der Waals surface area contributed by atoms with E-state index in [0.29, 0.717) is 18.7 Å². The molecule has 1 aromatic carbocycles. The monoisotopic (exact) mass is 367 g/mol. The minimum absolute atomic E-state index is 0.113. The molecule has 1 N–H and O–H groups in total. The lowest BCUT2D eigenvalue weighted by Gasteiger charge is -2.15. The predicted molar refractivity (Wildman–Crippen MR) is 84.9 cm³/mol.